The Bertz CT molecular complexity index is 1030. The van der Waals surface area contributed by atoms with Gasteiger partial charge in [0, 0.05) is 24.7 Å². The van der Waals surface area contributed by atoms with E-state index in [4.69, 9.17) is 4.42 Å². The first-order valence-electron chi connectivity index (χ1n) is 10.1. The number of aryl methyl sites for hydroxylation is 2. The molecule has 4 rings (SSSR count). The SMILES string of the molecule is Cc1ccc(CN2CCC(O)(Cn3nc(-c4ccccc4)c(C)cc3=O)CC2)o1. The van der Waals surface area contributed by atoms with Crippen LogP contribution in [0.1, 0.15) is 29.9 Å². The van der Waals surface area contributed by atoms with Crippen LogP contribution in [0.5, 0.6) is 0 Å². The van der Waals surface area contributed by atoms with Gasteiger partial charge in [0.15, 0.2) is 0 Å². The van der Waals surface area contributed by atoms with E-state index in [0.717, 1.165) is 48.0 Å². The highest BCUT2D eigenvalue weighted by atomic mass is 16.3. The second-order valence-corrected chi connectivity index (χ2v) is 8.05. The lowest BCUT2D eigenvalue weighted by Gasteiger charge is -2.37. The van der Waals surface area contributed by atoms with E-state index < -0.39 is 5.60 Å². The Labute approximate surface area is 170 Å². The third-order valence-corrected chi connectivity index (χ3v) is 5.64. The van der Waals surface area contributed by atoms with Crippen molar-refractivity contribution >= 4 is 0 Å². The smallest absolute Gasteiger partial charge is 0.267 e. The molecule has 3 heterocycles. The quantitative estimate of drug-likeness (QED) is 0.721. The second-order valence-electron chi connectivity index (χ2n) is 8.05. The van der Waals surface area contributed by atoms with E-state index >= 15 is 0 Å². The predicted octanol–water partition coefficient (Wildman–Crippen LogP) is 3.15. The molecule has 0 unspecified atom stereocenters. The molecule has 0 aliphatic carbocycles. The number of benzene rings is 1. The summed E-state index contributed by atoms with van der Waals surface area (Å²) in [6, 6.07) is 15.4. The van der Waals surface area contributed by atoms with Crippen molar-refractivity contribution in [1.82, 2.24) is 14.7 Å². The predicted molar refractivity (Wildman–Crippen MR) is 112 cm³/mol. The van der Waals surface area contributed by atoms with E-state index in [-0.39, 0.29) is 12.1 Å². The Morgan fingerprint density at radius 1 is 1.10 bits per heavy atom. The van der Waals surface area contributed by atoms with Crippen LogP contribution in [0, 0.1) is 13.8 Å². The maximum atomic E-state index is 12.5. The molecule has 29 heavy (non-hydrogen) atoms. The zero-order chi connectivity index (χ0) is 20.4. The van der Waals surface area contributed by atoms with Crippen LogP contribution in [0.4, 0.5) is 0 Å². The molecule has 0 amide bonds. The summed E-state index contributed by atoms with van der Waals surface area (Å²) >= 11 is 0. The topological polar surface area (TPSA) is 71.5 Å². The summed E-state index contributed by atoms with van der Waals surface area (Å²) in [6.07, 6.45) is 1.19. The molecule has 2 aromatic heterocycles. The van der Waals surface area contributed by atoms with E-state index in [2.05, 4.69) is 10.00 Å². The molecule has 6 heteroatoms. The minimum atomic E-state index is -0.935. The van der Waals surface area contributed by atoms with Crippen LogP contribution >= 0.6 is 0 Å². The summed E-state index contributed by atoms with van der Waals surface area (Å²) in [5, 5.41) is 15.7. The summed E-state index contributed by atoms with van der Waals surface area (Å²) in [5.41, 5.74) is 1.47. The lowest BCUT2D eigenvalue weighted by Crippen LogP contribution is -2.48. The van der Waals surface area contributed by atoms with Crippen molar-refractivity contribution in [2.45, 2.75) is 45.4 Å². The molecule has 3 aromatic rings. The van der Waals surface area contributed by atoms with Gasteiger partial charge in [0.05, 0.1) is 24.4 Å². The Balaban J connectivity index is 1.47. The molecular formula is C23H27N3O3. The Kier molecular flexibility index (Phi) is 5.39. The molecule has 1 N–H and O–H groups in total. The highest BCUT2D eigenvalue weighted by molar-refractivity contribution is 5.61. The maximum absolute atomic E-state index is 12.5. The fourth-order valence-electron chi connectivity index (χ4n) is 3.93. The third kappa shape index (κ3) is 4.49. The first-order chi connectivity index (χ1) is 13.9. The molecule has 1 aliphatic heterocycles. The van der Waals surface area contributed by atoms with Crippen LogP contribution < -0.4 is 5.56 Å². The molecule has 152 valence electrons. The number of furan rings is 1. The van der Waals surface area contributed by atoms with E-state index in [1.165, 1.54) is 4.68 Å². The molecule has 0 spiro atoms. The fraction of sp³-hybridized carbons (Fsp3) is 0.391. The average molecular weight is 393 g/mol. The zero-order valence-corrected chi connectivity index (χ0v) is 17.0. The zero-order valence-electron chi connectivity index (χ0n) is 17.0. The summed E-state index contributed by atoms with van der Waals surface area (Å²) in [4.78, 5) is 14.8. The number of hydrogen-bond donors (Lipinski definition) is 1. The summed E-state index contributed by atoms with van der Waals surface area (Å²) in [6.45, 7) is 6.29. The normalized spacial score (nSPS) is 16.8. The maximum Gasteiger partial charge on any atom is 0.267 e. The van der Waals surface area contributed by atoms with Gasteiger partial charge in [-0.2, -0.15) is 5.10 Å². The third-order valence-electron chi connectivity index (χ3n) is 5.64. The number of likely N-dealkylation sites (tertiary alicyclic amines) is 1. The van der Waals surface area contributed by atoms with E-state index in [0.29, 0.717) is 12.8 Å². The minimum absolute atomic E-state index is 0.177. The van der Waals surface area contributed by atoms with Crippen LogP contribution in [0.3, 0.4) is 0 Å². The van der Waals surface area contributed by atoms with Crippen LogP contribution in [-0.4, -0.2) is 38.5 Å². The van der Waals surface area contributed by atoms with Gasteiger partial charge in [0.25, 0.3) is 5.56 Å². The lowest BCUT2D eigenvalue weighted by molar-refractivity contribution is -0.0399. The molecule has 1 saturated heterocycles. The second kappa shape index (κ2) is 7.97. The van der Waals surface area contributed by atoms with Crippen molar-refractivity contribution < 1.29 is 9.52 Å². The van der Waals surface area contributed by atoms with Crippen molar-refractivity contribution in [2.75, 3.05) is 13.1 Å². The number of aromatic nitrogens is 2. The molecule has 6 nitrogen and oxygen atoms in total. The molecule has 1 fully saturated rings. The number of piperidine rings is 1. The van der Waals surface area contributed by atoms with Gasteiger partial charge in [-0.15, -0.1) is 0 Å². The van der Waals surface area contributed by atoms with Crippen LogP contribution in [0.15, 0.2) is 57.7 Å². The van der Waals surface area contributed by atoms with Crippen molar-refractivity contribution in [1.29, 1.82) is 0 Å². The van der Waals surface area contributed by atoms with Crippen molar-refractivity contribution in [3.8, 4) is 11.3 Å². The van der Waals surface area contributed by atoms with Crippen LogP contribution in [0.2, 0.25) is 0 Å². The Hall–Kier alpha value is -2.70. The molecule has 1 aliphatic rings. The van der Waals surface area contributed by atoms with Gasteiger partial charge in [-0.05, 0) is 44.4 Å². The standard InChI is InChI=1S/C23H27N3O3/c1-17-14-21(27)26(24-22(17)19-6-4-3-5-7-19)16-23(28)10-12-25(13-11-23)15-20-9-8-18(2)29-20/h3-9,14,28H,10-13,15-16H2,1-2H3. The van der Waals surface area contributed by atoms with Gasteiger partial charge < -0.3 is 9.52 Å². The largest absolute Gasteiger partial charge is 0.465 e. The first-order valence-corrected chi connectivity index (χ1v) is 10.1. The summed E-state index contributed by atoms with van der Waals surface area (Å²) < 4.78 is 7.07. The number of aliphatic hydroxyl groups is 1. The minimum Gasteiger partial charge on any atom is -0.465 e. The summed E-state index contributed by atoms with van der Waals surface area (Å²) in [5.74, 6) is 1.85. The van der Waals surface area contributed by atoms with Crippen LogP contribution in [0.25, 0.3) is 11.3 Å². The monoisotopic (exact) mass is 393 g/mol. The number of nitrogens with zero attached hydrogens (tertiary/aromatic N) is 3. The number of hydrogen-bond acceptors (Lipinski definition) is 5. The molecular weight excluding hydrogens is 366 g/mol. The van der Waals surface area contributed by atoms with Gasteiger partial charge in [0.1, 0.15) is 11.5 Å². The Morgan fingerprint density at radius 2 is 1.83 bits per heavy atom. The van der Waals surface area contributed by atoms with E-state index in [1.807, 2.05) is 56.3 Å². The fourth-order valence-corrected chi connectivity index (χ4v) is 3.93. The molecule has 1 aromatic carbocycles. The molecule has 0 bridgehead atoms. The van der Waals surface area contributed by atoms with E-state index in [1.54, 1.807) is 6.07 Å². The van der Waals surface area contributed by atoms with Gasteiger partial charge in [-0.3, -0.25) is 9.69 Å². The first kappa shape index (κ1) is 19.6. The molecule has 0 radical (unpaired) electrons. The lowest BCUT2D eigenvalue weighted by atomic mass is 9.91. The molecule has 0 atom stereocenters. The summed E-state index contributed by atoms with van der Waals surface area (Å²) in [7, 11) is 0. The highest BCUT2D eigenvalue weighted by Crippen LogP contribution is 2.26. The Morgan fingerprint density at radius 3 is 2.48 bits per heavy atom. The average Bonchev–Trinajstić information content (AvgIpc) is 3.11. The highest BCUT2D eigenvalue weighted by Gasteiger charge is 2.33. The van der Waals surface area contributed by atoms with Crippen LogP contribution in [-0.2, 0) is 13.1 Å². The van der Waals surface area contributed by atoms with Crippen molar-refractivity contribution in [2.24, 2.45) is 0 Å². The van der Waals surface area contributed by atoms with Gasteiger partial charge in [-0.1, -0.05) is 30.3 Å². The van der Waals surface area contributed by atoms with Gasteiger partial charge in [-0.25, -0.2) is 4.68 Å². The molecule has 0 saturated carbocycles. The van der Waals surface area contributed by atoms with Gasteiger partial charge in [0.2, 0.25) is 0 Å². The van der Waals surface area contributed by atoms with Gasteiger partial charge >= 0.3 is 0 Å². The van der Waals surface area contributed by atoms with Crippen molar-refractivity contribution in [3.05, 3.63) is 76.0 Å². The van der Waals surface area contributed by atoms with Crippen molar-refractivity contribution in [3.63, 3.8) is 0 Å². The number of rotatable bonds is 5. The van der Waals surface area contributed by atoms with E-state index in [9.17, 15) is 9.90 Å².